The van der Waals surface area contributed by atoms with Crippen molar-refractivity contribution in [1.82, 2.24) is 0 Å². The van der Waals surface area contributed by atoms with Crippen molar-refractivity contribution in [2.45, 2.75) is 51.9 Å². The number of hydrogen-bond acceptors (Lipinski definition) is 1. The molecule has 1 heteroatoms. The van der Waals surface area contributed by atoms with Crippen molar-refractivity contribution in [3.63, 3.8) is 0 Å². The number of carbonyl (C=O) groups excluding carboxylic acids is 1. The maximum Gasteiger partial charge on any atom is 0.135 e. The molecule has 74 valence electrons. The first kappa shape index (κ1) is 10.5. The Bertz CT molecular complexity index is 193. The lowest BCUT2D eigenvalue weighted by Gasteiger charge is -2.11. The largest absolute Gasteiger partial charge is 0.299 e. The fourth-order valence-corrected chi connectivity index (χ4v) is 1.96. The van der Waals surface area contributed by atoms with Crippen LogP contribution in [0, 0.1) is 5.92 Å². The molecule has 1 saturated carbocycles. The zero-order chi connectivity index (χ0) is 9.68. The van der Waals surface area contributed by atoms with Gasteiger partial charge >= 0.3 is 0 Å². The monoisotopic (exact) mass is 180 g/mol. The highest BCUT2D eigenvalue weighted by Gasteiger charge is 2.19. The summed E-state index contributed by atoms with van der Waals surface area (Å²) in [6.45, 7) is 5.92. The summed E-state index contributed by atoms with van der Waals surface area (Å²) in [5, 5.41) is 0. The fraction of sp³-hybridized carbons (Fsp3) is 0.750. The summed E-state index contributed by atoms with van der Waals surface area (Å²) >= 11 is 0. The molecule has 1 nitrogen and oxygen atoms in total. The first-order valence-corrected chi connectivity index (χ1v) is 5.37. The van der Waals surface area contributed by atoms with E-state index in [1.807, 2.05) is 6.92 Å². The minimum Gasteiger partial charge on any atom is -0.299 e. The third kappa shape index (κ3) is 3.75. The molecule has 1 aliphatic rings. The Morgan fingerprint density at radius 2 is 2.23 bits per heavy atom. The van der Waals surface area contributed by atoms with E-state index in [0.717, 1.165) is 32.1 Å². The zero-order valence-electron chi connectivity index (χ0n) is 8.64. The van der Waals surface area contributed by atoms with Crippen molar-refractivity contribution in [3.05, 3.63) is 12.2 Å². The lowest BCUT2D eigenvalue weighted by atomic mass is 9.92. The molecule has 1 atom stereocenters. The highest BCUT2D eigenvalue weighted by atomic mass is 16.1. The van der Waals surface area contributed by atoms with E-state index >= 15 is 0 Å². The van der Waals surface area contributed by atoms with Crippen molar-refractivity contribution in [2.24, 2.45) is 5.92 Å². The second-order valence-corrected chi connectivity index (χ2v) is 4.26. The molecule has 0 saturated heterocycles. The summed E-state index contributed by atoms with van der Waals surface area (Å²) in [4.78, 5) is 11.6. The SMILES string of the molecule is C=C(C)CCC1CCCCCC1=O. The molecule has 1 unspecified atom stereocenters. The van der Waals surface area contributed by atoms with Gasteiger partial charge in [-0.25, -0.2) is 0 Å². The van der Waals surface area contributed by atoms with Crippen LogP contribution in [0.2, 0.25) is 0 Å². The van der Waals surface area contributed by atoms with Crippen molar-refractivity contribution in [2.75, 3.05) is 0 Å². The molecule has 0 spiro atoms. The summed E-state index contributed by atoms with van der Waals surface area (Å²) in [7, 11) is 0. The summed E-state index contributed by atoms with van der Waals surface area (Å²) in [5.41, 5.74) is 1.21. The van der Waals surface area contributed by atoms with E-state index < -0.39 is 0 Å². The van der Waals surface area contributed by atoms with Gasteiger partial charge in [-0.05, 0) is 32.6 Å². The molecular weight excluding hydrogens is 160 g/mol. The van der Waals surface area contributed by atoms with E-state index in [9.17, 15) is 4.79 Å². The van der Waals surface area contributed by atoms with Crippen molar-refractivity contribution in [3.8, 4) is 0 Å². The highest BCUT2D eigenvalue weighted by Crippen LogP contribution is 2.24. The van der Waals surface area contributed by atoms with Crippen molar-refractivity contribution < 1.29 is 4.79 Å². The first-order chi connectivity index (χ1) is 6.20. The fourth-order valence-electron chi connectivity index (χ4n) is 1.96. The number of rotatable bonds is 3. The molecular formula is C12H20O. The van der Waals surface area contributed by atoms with Crippen LogP contribution in [-0.4, -0.2) is 5.78 Å². The molecule has 0 bridgehead atoms. The summed E-state index contributed by atoms with van der Waals surface area (Å²) in [6.07, 6.45) is 7.60. The number of hydrogen-bond donors (Lipinski definition) is 0. The molecule has 0 aliphatic heterocycles. The Balaban J connectivity index is 2.36. The topological polar surface area (TPSA) is 17.1 Å². The van der Waals surface area contributed by atoms with Gasteiger partial charge in [0, 0.05) is 12.3 Å². The smallest absolute Gasteiger partial charge is 0.135 e. The summed E-state index contributed by atoms with van der Waals surface area (Å²) in [5.74, 6) is 0.845. The molecule has 1 rings (SSSR count). The molecule has 1 aliphatic carbocycles. The molecule has 1 fully saturated rings. The number of carbonyl (C=O) groups is 1. The van der Waals surface area contributed by atoms with Crippen molar-refractivity contribution in [1.29, 1.82) is 0 Å². The van der Waals surface area contributed by atoms with Gasteiger partial charge in [0.15, 0.2) is 0 Å². The normalized spacial score (nSPS) is 24.1. The van der Waals surface area contributed by atoms with Crippen LogP contribution in [0.4, 0.5) is 0 Å². The predicted octanol–water partition coefficient (Wildman–Crippen LogP) is 3.49. The molecule has 0 N–H and O–H groups in total. The number of Topliss-reactive ketones (excluding diaryl/α,β-unsaturated/α-hetero) is 1. The number of allylic oxidation sites excluding steroid dienone is 1. The molecule has 0 aromatic carbocycles. The van der Waals surface area contributed by atoms with Gasteiger partial charge in [0.2, 0.25) is 0 Å². The second kappa shape index (κ2) is 5.21. The van der Waals surface area contributed by atoms with E-state index in [4.69, 9.17) is 0 Å². The number of ketones is 1. The molecule has 0 aromatic heterocycles. The Hall–Kier alpha value is -0.590. The second-order valence-electron chi connectivity index (χ2n) is 4.26. The van der Waals surface area contributed by atoms with Gasteiger partial charge < -0.3 is 0 Å². The van der Waals surface area contributed by atoms with Gasteiger partial charge in [0.05, 0.1) is 0 Å². The average molecular weight is 180 g/mol. The van der Waals surface area contributed by atoms with Crippen LogP contribution in [0.5, 0.6) is 0 Å². The summed E-state index contributed by atoms with van der Waals surface area (Å²) in [6, 6.07) is 0. The van der Waals surface area contributed by atoms with Gasteiger partial charge in [0.25, 0.3) is 0 Å². The maximum absolute atomic E-state index is 11.6. The molecule has 0 aromatic rings. The van der Waals surface area contributed by atoms with Gasteiger partial charge in [0.1, 0.15) is 5.78 Å². The minimum atomic E-state index is 0.346. The standard InChI is InChI=1S/C12H20O/c1-10(2)8-9-11-6-4-3-5-7-12(11)13/h11H,1,3-9H2,2H3. The van der Waals surface area contributed by atoms with E-state index in [2.05, 4.69) is 6.58 Å². The lowest BCUT2D eigenvalue weighted by molar-refractivity contribution is -0.122. The molecule has 0 radical (unpaired) electrons. The Morgan fingerprint density at radius 1 is 1.46 bits per heavy atom. The quantitative estimate of drug-likeness (QED) is 0.480. The van der Waals surface area contributed by atoms with Crippen LogP contribution < -0.4 is 0 Å². The van der Waals surface area contributed by atoms with E-state index in [0.29, 0.717) is 11.7 Å². The predicted molar refractivity (Wildman–Crippen MR) is 55.6 cm³/mol. The Morgan fingerprint density at radius 3 is 2.92 bits per heavy atom. The van der Waals surface area contributed by atoms with Crippen LogP contribution in [0.1, 0.15) is 51.9 Å². The van der Waals surface area contributed by atoms with Gasteiger partial charge in [-0.15, -0.1) is 6.58 Å². The minimum absolute atomic E-state index is 0.346. The maximum atomic E-state index is 11.6. The first-order valence-electron chi connectivity index (χ1n) is 5.37. The van der Waals surface area contributed by atoms with Crippen LogP contribution in [0.15, 0.2) is 12.2 Å². The van der Waals surface area contributed by atoms with Crippen LogP contribution in [-0.2, 0) is 4.79 Å². The van der Waals surface area contributed by atoms with Gasteiger partial charge in [-0.1, -0.05) is 18.4 Å². The van der Waals surface area contributed by atoms with E-state index in [-0.39, 0.29) is 0 Å². The Labute approximate surface area is 81.2 Å². The molecule has 0 heterocycles. The lowest BCUT2D eigenvalue weighted by Crippen LogP contribution is -2.12. The van der Waals surface area contributed by atoms with Gasteiger partial charge in [-0.3, -0.25) is 4.79 Å². The van der Waals surface area contributed by atoms with Crippen molar-refractivity contribution >= 4 is 5.78 Å². The Kier molecular flexibility index (Phi) is 4.20. The average Bonchev–Trinajstić information content (AvgIpc) is 2.27. The third-order valence-corrected chi connectivity index (χ3v) is 2.85. The summed E-state index contributed by atoms with van der Waals surface area (Å²) < 4.78 is 0. The van der Waals surface area contributed by atoms with Crippen LogP contribution >= 0.6 is 0 Å². The van der Waals surface area contributed by atoms with Gasteiger partial charge in [-0.2, -0.15) is 0 Å². The third-order valence-electron chi connectivity index (χ3n) is 2.85. The van der Waals surface area contributed by atoms with Crippen LogP contribution in [0.3, 0.4) is 0 Å². The highest BCUT2D eigenvalue weighted by molar-refractivity contribution is 5.81. The zero-order valence-corrected chi connectivity index (χ0v) is 8.64. The van der Waals surface area contributed by atoms with E-state index in [1.165, 1.54) is 18.4 Å². The van der Waals surface area contributed by atoms with Crippen LogP contribution in [0.25, 0.3) is 0 Å². The molecule has 0 amide bonds. The molecule has 13 heavy (non-hydrogen) atoms. The van der Waals surface area contributed by atoms with E-state index in [1.54, 1.807) is 0 Å².